The molecule has 0 saturated heterocycles. The van der Waals surface area contributed by atoms with E-state index >= 15 is 0 Å². The molecule has 0 saturated carbocycles. The van der Waals surface area contributed by atoms with Crippen LogP contribution in [-0.2, 0) is 4.74 Å². The summed E-state index contributed by atoms with van der Waals surface area (Å²) in [6.45, 7) is 11.5. The zero-order chi connectivity index (χ0) is 15.3. The molecule has 5 heteroatoms. The van der Waals surface area contributed by atoms with Gasteiger partial charge in [-0.05, 0) is 39.3 Å². The minimum atomic E-state index is -0.514. The minimum Gasteiger partial charge on any atom is -0.444 e. The molecule has 20 heavy (non-hydrogen) atoms. The van der Waals surface area contributed by atoms with Crippen molar-refractivity contribution in [3.8, 4) is 0 Å². The Morgan fingerprint density at radius 3 is 2.50 bits per heavy atom. The van der Waals surface area contributed by atoms with Crippen molar-refractivity contribution in [1.29, 1.82) is 0 Å². The number of nitrogens with one attached hydrogen (secondary N) is 1. The van der Waals surface area contributed by atoms with Gasteiger partial charge in [-0.2, -0.15) is 0 Å². The van der Waals surface area contributed by atoms with E-state index in [9.17, 15) is 4.79 Å². The topological polar surface area (TPSA) is 55.6 Å². The summed E-state index contributed by atoms with van der Waals surface area (Å²) in [6.07, 6.45) is 3.21. The molecule has 2 aromatic heterocycles. The molecule has 0 spiro atoms. The summed E-state index contributed by atoms with van der Waals surface area (Å²) in [4.78, 5) is 15.9. The second-order valence-corrected chi connectivity index (χ2v) is 5.22. The Kier molecular flexibility index (Phi) is 5.13. The molecule has 0 aliphatic rings. The highest BCUT2D eigenvalue weighted by Crippen LogP contribution is 2.13. The number of imidazole rings is 1. The van der Waals surface area contributed by atoms with E-state index in [1.54, 1.807) is 6.20 Å². The molecule has 0 aromatic carbocycles. The summed E-state index contributed by atoms with van der Waals surface area (Å²) in [5.41, 5.74) is 1.40. The van der Waals surface area contributed by atoms with E-state index in [0.717, 1.165) is 11.2 Å². The van der Waals surface area contributed by atoms with E-state index in [4.69, 9.17) is 4.74 Å². The van der Waals surface area contributed by atoms with Gasteiger partial charge in [-0.15, -0.1) is 0 Å². The number of fused-ring (bicyclic) bond motifs is 1. The number of pyridine rings is 1. The van der Waals surface area contributed by atoms with Gasteiger partial charge >= 0.3 is 6.09 Å². The molecule has 2 heterocycles. The van der Waals surface area contributed by atoms with Gasteiger partial charge in [-0.25, -0.2) is 9.78 Å². The van der Waals surface area contributed by atoms with Gasteiger partial charge in [0.1, 0.15) is 11.2 Å². The average molecular weight is 277 g/mol. The lowest BCUT2D eigenvalue weighted by Crippen LogP contribution is -2.27. The molecule has 110 valence electrons. The Balaban J connectivity index is 0.000000956. The molecule has 0 aliphatic heterocycles. The van der Waals surface area contributed by atoms with Crippen LogP contribution < -0.4 is 5.32 Å². The average Bonchev–Trinajstić information content (AvgIpc) is 2.70. The van der Waals surface area contributed by atoms with Gasteiger partial charge in [0.05, 0.1) is 6.20 Å². The maximum absolute atomic E-state index is 11.6. The Bertz CT molecular complexity index is 582. The van der Waals surface area contributed by atoms with E-state index in [0.29, 0.717) is 5.82 Å². The Hall–Kier alpha value is -2.04. The van der Waals surface area contributed by atoms with Crippen molar-refractivity contribution >= 4 is 17.6 Å². The fraction of sp³-hybridized carbons (Fsp3) is 0.467. The molecule has 1 amide bonds. The van der Waals surface area contributed by atoms with Crippen LogP contribution in [0.5, 0.6) is 0 Å². The van der Waals surface area contributed by atoms with Gasteiger partial charge < -0.3 is 9.14 Å². The van der Waals surface area contributed by atoms with Crippen LogP contribution in [0.1, 0.15) is 40.2 Å². The van der Waals surface area contributed by atoms with Gasteiger partial charge in [0.15, 0.2) is 5.82 Å². The highest BCUT2D eigenvalue weighted by molar-refractivity contribution is 5.84. The molecule has 0 atom stereocenters. The van der Waals surface area contributed by atoms with Crippen molar-refractivity contribution in [3.05, 3.63) is 30.1 Å². The third-order valence-electron chi connectivity index (χ3n) is 2.23. The summed E-state index contributed by atoms with van der Waals surface area (Å²) in [6, 6.07) is 3.87. The first-order valence-corrected chi connectivity index (χ1v) is 6.79. The van der Waals surface area contributed by atoms with E-state index in [-0.39, 0.29) is 0 Å². The number of nitrogens with zero attached hydrogens (tertiary/aromatic N) is 2. The quantitative estimate of drug-likeness (QED) is 0.856. The lowest BCUT2D eigenvalue weighted by molar-refractivity contribution is 0.0635. The smallest absolute Gasteiger partial charge is 0.413 e. The van der Waals surface area contributed by atoms with E-state index in [2.05, 4.69) is 10.3 Å². The number of hydrogen-bond donors (Lipinski definition) is 1. The molecular formula is C15H23N3O2. The SMILES string of the molecule is CC.Cc1ccc2nc(NC(=O)OC(C)(C)C)cn2c1. The highest BCUT2D eigenvalue weighted by atomic mass is 16.6. The van der Waals surface area contributed by atoms with Gasteiger partial charge in [-0.3, -0.25) is 5.32 Å². The van der Waals surface area contributed by atoms with Gasteiger partial charge in [0.25, 0.3) is 0 Å². The molecule has 2 rings (SSSR count). The third kappa shape index (κ3) is 4.57. The Labute approximate surface area is 120 Å². The van der Waals surface area contributed by atoms with Crippen LogP contribution in [0.2, 0.25) is 0 Å². The predicted octanol–water partition coefficient (Wildman–Crippen LogP) is 4.02. The number of aromatic nitrogens is 2. The summed E-state index contributed by atoms with van der Waals surface area (Å²) >= 11 is 0. The van der Waals surface area contributed by atoms with Gasteiger partial charge in [0.2, 0.25) is 0 Å². The summed E-state index contributed by atoms with van der Waals surface area (Å²) in [7, 11) is 0. The number of hydrogen-bond acceptors (Lipinski definition) is 3. The summed E-state index contributed by atoms with van der Waals surface area (Å²) in [5, 5.41) is 2.61. The van der Waals surface area contributed by atoms with Gasteiger partial charge in [0, 0.05) is 6.20 Å². The van der Waals surface area contributed by atoms with Gasteiger partial charge in [-0.1, -0.05) is 19.9 Å². The molecule has 1 N–H and O–H groups in total. The number of anilines is 1. The number of ether oxygens (including phenoxy) is 1. The first-order valence-electron chi connectivity index (χ1n) is 6.79. The standard InChI is InChI=1S/C13H17N3O2.C2H6/c1-9-5-6-11-14-10(8-16(11)7-9)15-12(17)18-13(2,3)4;1-2/h5-8H,1-4H3,(H,15,17);1-2H3. The molecule has 0 aliphatic carbocycles. The summed E-state index contributed by atoms with van der Waals surface area (Å²) < 4.78 is 7.03. The van der Waals surface area contributed by atoms with Crippen LogP contribution in [-0.4, -0.2) is 21.1 Å². The Morgan fingerprint density at radius 1 is 1.25 bits per heavy atom. The van der Waals surface area contributed by atoms with Crippen LogP contribution in [0, 0.1) is 6.92 Å². The van der Waals surface area contributed by atoms with Crippen LogP contribution in [0.15, 0.2) is 24.5 Å². The molecule has 5 nitrogen and oxygen atoms in total. The summed E-state index contributed by atoms with van der Waals surface area (Å²) in [5.74, 6) is 0.481. The van der Waals surface area contributed by atoms with Crippen LogP contribution >= 0.6 is 0 Å². The largest absolute Gasteiger partial charge is 0.444 e. The number of carbonyl (C=O) groups excluding carboxylic acids is 1. The van der Waals surface area contributed by atoms with Crippen LogP contribution in [0.3, 0.4) is 0 Å². The molecule has 0 radical (unpaired) electrons. The fourth-order valence-corrected chi connectivity index (χ4v) is 1.57. The highest BCUT2D eigenvalue weighted by Gasteiger charge is 2.17. The van der Waals surface area contributed by atoms with Crippen molar-refractivity contribution < 1.29 is 9.53 Å². The first kappa shape index (κ1) is 16.0. The zero-order valence-electron chi connectivity index (χ0n) is 13.0. The van der Waals surface area contributed by atoms with Crippen molar-refractivity contribution in [3.63, 3.8) is 0 Å². The maximum atomic E-state index is 11.6. The predicted molar refractivity (Wildman–Crippen MR) is 81.1 cm³/mol. The monoisotopic (exact) mass is 277 g/mol. The van der Waals surface area contributed by atoms with E-state index in [1.807, 2.05) is 64.3 Å². The van der Waals surface area contributed by atoms with Crippen LogP contribution in [0.4, 0.5) is 10.6 Å². The maximum Gasteiger partial charge on any atom is 0.413 e. The van der Waals surface area contributed by atoms with Crippen molar-refractivity contribution in [2.24, 2.45) is 0 Å². The number of carbonyl (C=O) groups is 1. The van der Waals surface area contributed by atoms with Crippen molar-refractivity contribution in [2.45, 2.75) is 47.1 Å². The number of rotatable bonds is 1. The van der Waals surface area contributed by atoms with E-state index in [1.165, 1.54) is 0 Å². The minimum absolute atomic E-state index is 0.481. The zero-order valence-corrected chi connectivity index (χ0v) is 13.0. The van der Waals surface area contributed by atoms with Crippen molar-refractivity contribution in [2.75, 3.05) is 5.32 Å². The number of aryl methyl sites for hydroxylation is 1. The van der Waals surface area contributed by atoms with Crippen LogP contribution in [0.25, 0.3) is 5.65 Å². The fourth-order valence-electron chi connectivity index (χ4n) is 1.57. The lowest BCUT2D eigenvalue weighted by Gasteiger charge is -2.18. The number of amides is 1. The Morgan fingerprint density at radius 2 is 1.90 bits per heavy atom. The molecule has 0 bridgehead atoms. The second kappa shape index (κ2) is 6.41. The van der Waals surface area contributed by atoms with Crippen molar-refractivity contribution in [1.82, 2.24) is 9.38 Å². The molecule has 0 unspecified atom stereocenters. The second-order valence-electron chi connectivity index (χ2n) is 5.22. The molecule has 0 fully saturated rings. The van der Waals surface area contributed by atoms with E-state index < -0.39 is 11.7 Å². The molecular weight excluding hydrogens is 254 g/mol. The lowest BCUT2D eigenvalue weighted by atomic mass is 10.2. The molecule has 2 aromatic rings. The third-order valence-corrected chi connectivity index (χ3v) is 2.23. The first-order chi connectivity index (χ1) is 9.33. The normalized spacial score (nSPS) is 10.7.